The molecule has 1 aromatic heterocycles. The van der Waals surface area contributed by atoms with E-state index in [4.69, 9.17) is 9.47 Å². The minimum Gasteiger partial charge on any atom is -0.491 e. The van der Waals surface area contributed by atoms with Gasteiger partial charge in [0.2, 0.25) is 0 Å². The van der Waals surface area contributed by atoms with Gasteiger partial charge < -0.3 is 9.47 Å². The van der Waals surface area contributed by atoms with Gasteiger partial charge in [-0.25, -0.2) is 0 Å². The molecular formula is C11H12O2S. The van der Waals surface area contributed by atoms with Crippen molar-refractivity contribution in [1.82, 2.24) is 0 Å². The third-order valence-electron chi connectivity index (χ3n) is 2.00. The molecule has 2 aromatic rings. The Morgan fingerprint density at radius 2 is 2.00 bits per heavy atom. The number of fused-ring (bicyclic) bond motifs is 1. The van der Waals surface area contributed by atoms with Crippen LogP contribution in [-0.2, 0) is 4.74 Å². The van der Waals surface area contributed by atoms with E-state index >= 15 is 0 Å². The highest BCUT2D eigenvalue weighted by atomic mass is 32.1. The van der Waals surface area contributed by atoms with Crippen LogP contribution in [-0.4, -0.2) is 20.3 Å². The molecule has 1 aromatic carbocycles. The Bertz CT molecular complexity index is 408. The second-order valence-electron chi connectivity index (χ2n) is 3.00. The third kappa shape index (κ3) is 2.05. The van der Waals surface area contributed by atoms with Gasteiger partial charge in [-0.1, -0.05) is 0 Å². The van der Waals surface area contributed by atoms with Crippen LogP contribution >= 0.6 is 11.3 Å². The van der Waals surface area contributed by atoms with Crippen molar-refractivity contribution >= 4 is 22.1 Å². The molecule has 0 aliphatic rings. The van der Waals surface area contributed by atoms with Crippen molar-refractivity contribution in [3.63, 3.8) is 0 Å². The normalized spacial score (nSPS) is 10.6. The lowest BCUT2D eigenvalue weighted by atomic mass is 10.2. The monoisotopic (exact) mass is 208 g/mol. The summed E-state index contributed by atoms with van der Waals surface area (Å²) in [6.45, 7) is 1.23. The average molecular weight is 208 g/mol. The van der Waals surface area contributed by atoms with Crippen LogP contribution in [0.5, 0.6) is 5.75 Å². The summed E-state index contributed by atoms with van der Waals surface area (Å²) in [6, 6.07) is 6.13. The Hall–Kier alpha value is -1.06. The quantitative estimate of drug-likeness (QED) is 0.719. The molecule has 0 spiro atoms. The van der Waals surface area contributed by atoms with Crippen LogP contribution in [0.1, 0.15) is 0 Å². The second-order valence-corrected chi connectivity index (χ2v) is 3.75. The van der Waals surface area contributed by atoms with E-state index in [0.29, 0.717) is 13.2 Å². The lowest BCUT2D eigenvalue weighted by Crippen LogP contribution is -2.03. The molecule has 0 aliphatic carbocycles. The molecule has 0 aliphatic heterocycles. The van der Waals surface area contributed by atoms with Gasteiger partial charge in [0.25, 0.3) is 0 Å². The summed E-state index contributed by atoms with van der Waals surface area (Å²) in [4.78, 5) is 0. The van der Waals surface area contributed by atoms with Crippen molar-refractivity contribution in [2.75, 3.05) is 20.3 Å². The van der Waals surface area contributed by atoms with Crippen molar-refractivity contribution < 1.29 is 9.47 Å². The summed E-state index contributed by atoms with van der Waals surface area (Å²) in [5.41, 5.74) is 0. The van der Waals surface area contributed by atoms with Crippen LogP contribution in [0.25, 0.3) is 10.8 Å². The number of ether oxygens (including phenoxy) is 2. The predicted molar refractivity (Wildman–Crippen MR) is 59.2 cm³/mol. The van der Waals surface area contributed by atoms with Gasteiger partial charge in [-0.2, -0.15) is 11.3 Å². The maximum atomic E-state index is 5.50. The van der Waals surface area contributed by atoms with E-state index in [1.54, 1.807) is 18.4 Å². The van der Waals surface area contributed by atoms with Crippen LogP contribution in [0, 0.1) is 0 Å². The number of rotatable bonds is 4. The average Bonchev–Trinajstić information content (AvgIpc) is 2.65. The molecule has 0 fully saturated rings. The minimum atomic E-state index is 0.603. The number of hydrogen-bond donors (Lipinski definition) is 0. The van der Waals surface area contributed by atoms with Gasteiger partial charge in [0.15, 0.2) is 0 Å². The van der Waals surface area contributed by atoms with Crippen molar-refractivity contribution in [1.29, 1.82) is 0 Å². The fraction of sp³-hybridized carbons (Fsp3) is 0.273. The first-order valence-electron chi connectivity index (χ1n) is 4.48. The molecule has 0 amide bonds. The number of thiophene rings is 1. The van der Waals surface area contributed by atoms with Crippen LogP contribution in [0.2, 0.25) is 0 Å². The van der Waals surface area contributed by atoms with Gasteiger partial charge >= 0.3 is 0 Å². The summed E-state index contributed by atoms with van der Waals surface area (Å²) in [7, 11) is 1.67. The molecular weight excluding hydrogens is 196 g/mol. The van der Waals surface area contributed by atoms with Gasteiger partial charge in [-0.3, -0.25) is 0 Å². The zero-order valence-electron chi connectivity index (χ0n) is 8.03. The van der Waals surface area contributed by atoms with E-state index in [2.05, 4.69) is 22.9 Å². The Morgan fingerprint density at radius 1 is 1.14 bits per heavy atom. The smallest absolute Gasteiger partial charge is 0.120 e. The maximum absolute atomic E-state index is 5.50. The van der Waals surface area contributed by atoms with E-state index in [0.717, 1.165) is 5.75 Å². The molecule has 0 atom stereocenters. The first-order valence-corrected chi connectivity index (χ1v) is 5.42. The van der Waals surface area contributed by atoms with E-state index in [1.807, 2.05) is 6.07 Å². The highest BCUT2D eigenvalue weighted by Gasteiger charge is 1.97. The SMILES string of the molecule is COCCOc1ccc2cscc2c1. The first kappa shape index (κ1) is 9.49. The number of hydrogen-bond acceptors (Lipinski definition) is 3. The molecule has 0 bridgehead atoms. The van der Waals surface area contributed by atoms with Gasteiger partial charge in [0.1, 0.15) is 12.4 Å². The highest BCUT2D eigenvalue weighted by molar-refractivity contribution is 7.09. The lowest BCUT2D eigenvalue weighted by Gasteiger charge is -2.04. The van der Waals surface area contributed by atoms with Crippen molar-refractivity contribution in [3.8, 4) is 5.75 Å². The lowest BCUT2D eigenvalue weighted by molar-refractivity contribution is 0.146. The summed E-state index contributed by atoms with van der Waals surface area (Å²) in [5.74, 6) is 0.910. The molecule has 2 rings (SSSR count). The van der Waals surface area contributed by atoms with Gasteiger partial charge in [0.05, 0.1) is 6.61 Å². The standard InChI is InChI=1S/C11H12O2S/c1-12-4-5-13-11-3-2-9-7-14-8-10(9)6-11/h2-3,6-8H,4-5H2,1H3. The molecule has 0 saturated carbocycles. The molecule has 0 saturated heterocycles. The first-order chi connectivity index (χ1) is 6.90. The number of methoxy groups -OCH3 is 1. The molecule has 0 N–H and O–H groups in total. The van der Waals surface area contributed by atoms with E-state index in [-0.39, 0.29) is 0 Å². The Kier molecular flexibility index (Phi) is 3.01. The van der Waals surface area contributed by atoms with E-state index in [9.17, 15) is 0 Å². The summed E-state index contributed by atoms with van der Waals surface area (Å²) in [6.07, 6.45) is 0. The summed E-state index contributed by atoms with van der Waals surface area (Å²) in [5, 5.41) is 6.77. The minimum absolute atomic E-state index is 0.603. The van der Waals surface area contributed by atoms with Crippen LogP contribution in [0.3, 0.4) is 0 Å². The Labute approximate surface area is 87.1 Å². The largest absolute Gasteiger partial charge is 0.491 e. The molecule has 3 heteroatoms. The van der Waals surface area contributed by atoms with Gasteiger partial charge in [-0.15, -0.1) is 0 Å². The van der Waals surface area contributed by atoms with Crippen molar-refractivity contribution in [3.05, 3.63) is 29.0 Å². The maximum Gasteiger partial charge on any atom is 0.120 e. The van der Waals surface area contributed by atoms with E-state index in [1.165, 1.54) is 10.8 Å². The van der Waals surface area contributed by atoms with Crippen LogP contribution in [0.15, 0.2) is 29.0 Å². The van der Waals surface area contributed by atoms with E-state index < -0.39 is 0 Å². The molecule has 74 valence electrons. The topological polar surface area (TPSA) is 18.5 Å². The molecule has 0 unspecified atom stereocenters. The van der Waals surface area contributed by atoms with Crippen molar-refractivity contribution in [2.45, 2.75) is 0 Å². The molecule has 0 radical (unpaired) electrons. The van der Waals surface area contributed by atoms with Crippen molar-refractivity contribution in [2.24, 2.45) is 0 Å². The Balaban J connectivity index is 2.10. The summed E-state index contributed by atoms with van der Waals surface area (Å²) >= 11 is 1.71. The second kappa shape index (κ2) is 4.44. The zero-order valence-corrected chi connectivity index (χ0v) is 8.84. The fourth-order valence-corrected chi connectivity index (χ4v) is 2.06. The van der Waals surface area contributed by atoms with Gasteiger partial charge in [-0.05, 0) is 39.7 Å². The van der Waals surface area contributed by atoms with Crippen LogP contribution < -0.4 is 4.74 Å². The molecule has 14 heavy (non-hydrogen) atoms. The zero-order chi connectivity index (χ0) is 9.80. The highest BCUT2D eigenvalue weighted by Crippen LogP contribution is 2.23. The van der Waals surface area contributed by atoms with Gasteiger partial charge in [0, 0.05) is 7.11 Å². The summed E-state index contributed by atoms with van der Waals surface area (Å²) < 4.78 is 10.4. The molecule has 1 heterocycles. The van der Waals surface area contributed by atoms with Crippen LogP contribution in [0.4, 0.5) is 0 Å². The molecule has 2 nitrogen and oxygen atoms in total. The third-order valence-corrected chi connectivity index (χ3v) is 2.78. The fourth-order valence-electron chi connectivity index (χ4n) is 1.28. The number of benzene rings is 1. The Morgan fingerprint density at radius 3 is 2.86 bits per heavy atom. The predicted octanol–water partition coefficient (Wildman–Crippen LogP) is 2.93.